The summed E-state index contributed by atoms with van der Waals surface area (Å²) < 4.78 is 12.4. The van der Waals surface area contributed by atoms with Crippen LogP contribution in [0.1, 0.15) is 79.0 Å². The Morgan fingerprint density at radius 1 is 0.634 bits per heavy atom. The number of hydrogen-bond acceptors (Lipinski definition) is 4. The van der Waals surface area contributed by atoms with Gasteiger partial charge >= 0.3 is 0 Å². The summed E-state index contributed by atoms with van der Waals surface area (Å²) >= 11 is 0. The quantitative estimate of drug-likeness (QED) is 0.243. The minimum Gasteiger partial charge on any atom is -0.508 e. The predicted octanol–water partition coefficient (Wildman–Crippen LogP) is 10.6. The van der Waals surface area contributed by atoms with Gasteiger partial charge in [-0.1, -0.05) is 105 Å². The van der Waals surface area contributed by atoms with Gasteiger partial charge in [0.15, 0.2) is 5.58 Å². The third-order valence-corrected chi connectivity index (χ3v) is 7.00. The van der Waals surface area contributed by atoms with E-state index >= 15 is 0 Å². The van der Waals surface area contributed by atoms with E-state index in [1.165, 1.54) is 11.1 Å². The summed E-state index contributed by atoms with van der Waals surface area (Å²) in [5.74, 6) is 2.57. The molecule has 5 rings (SSSR count). The van der Waals surface area contributed by atoms with Crippen molar-refractivity contribution in [2.75, 3.05) is 0 Å². The Morgan fingerprint density at radius 2 is 1.17 bits per heavy atom. The molecule has 0 fully saturated rings. The summed E-state index contributed by atoms with van der Waals surface area (Å²) in [4.78, 5) is 4.72. The first kappa shape index (κ1) is 29.9. The van der Waals surface area contributed by atoms with E-state index in [-0.39, 0.29) is 16.2 Å². The molecule has 41 heavy (non-hydrogen) atoms. The fourth-order valence-electron chi connectivity index (χ4n) is 4.44. The van der Waals surface area contributed by atoms with Gasteiger partial charge in [-0.15, -0.1) is 0 Å². The van der Waals surface area contributed by atoms with E-state index in [2.05, 4.69) is 80.5 Å². The molecule has 1 aromatic heterocycles. The van der Waals surface area contributed by atoms with Crippen molar-refractivity contribution in [3.63, 3.8) is 0 Å². The maximum Gasteiger partial charge on any atom is 0.227 e. The number of phenols is 1. The molecule has 1 heterocycles. The molecule has 0 spiro atoms. The van der Waals surface area contributed by atoms with Crippen molar-refractivity contribution in [1.29, 1.82) is 0 Å². The smallest absolute Gasteiger partial charge is 0.227 e. The monoisotopic (exact) mass is 549 g/mol. The molecule has 5 aromatic rings. The topological polar surface area (TPSA) is 55.5 Å². The second kappa shape index (κ2) is 11.4. The third-order valence-electron chi connectivity index (χ3n) is 7.00. The van der Waals surface area contributed by atoms with Crippen LogP contribution in [0.3, 0.4) is 0 Å². The van der Waals surface area contributed by atoms with E-state index in [4.69, 9.17) is 19.2 Å². The molecule has 0 saturated carbocycles. The van der Waals surface area contributed by atoms with Gasteiger partial charge in [0.25, 0.3) is 0 Å². The first-order valence-electron chi connectivity index (χ1n) is 14.2. The Balaban J connectivity index is 0.000000296. The lowest BCUT2D eigenvalue weighted by molar-refractivity contribution is 0.454. The third kappa shape index (κ3) is 7.58. The molecule has 4 heteroatoms. The highest BCUT2D eigenvalue weighted by Gasteiger charge is 2.23. The van der Waals surface area contributed by atoms with Crippen LogP contribution in [0, 0.1) is 0 Å². The Labute approximate surface area is 245 Å². The van der Waals surface area contributed by atoms with Crippen molar-refractivity contribution in [3.8, 4) is 28.7 Å². The zero-order valence-corrected chi connectivity index (χ0v) is 25.9. The largest absolute Gasteiger partial charge is 0.508 e. The van der Waals surface area contributed by atoms with Crippen LogP contribution in [0.4, 0.5) is 0 Å². The minimum absolute atomic E-state index is 0.0965. The van der Waals surface area contributed by atoms with Crippen molar-refractivity contribution in [1.82, 2.24) is 4.98 Å². The molecule has 4 nitrogen and oxygen atoms in total. The van der Waals surface area contributed by atoms with Crippen LogP contribution in [0.5, 0.6) is 17.2 Å². The van der Waals surface area contributed by atoms with Crippen molar-refractivity contribution in [2.45, 2.75) is 78.6 Å². The number of fused-ring (bicyclic) bond motifs is 1. The lowest BCUT2D eigenvalue weighted by Gasteiger charge is -2.23. The first-order chi connectivity index (χ1) is 19.1. The van der Waals surface area contributed by atoms with Crippen LogP contribution < -0.4 is 4.74 Å². The van der Waals surface area contributed by atoms with Crippen LogP contribution in [0.15, 0.2) is 95.4 Å². The molecule has 0 radical (unpaired) electrons. The lowest BCUT2D eigenvalue weighted by atomic mass is 9.86. The fraction of sp³-hybridized carbons (Fsp3) is 0.324. The molecule has 0 saturated heterocycles. The van der Waals surface area contributed by atoms with Crippen LogP contribution in [0.25, 0.3) is 22.6 Å². The molecule has 0 aliphatic heterocycles. The highest BCUT2D eigenvalue weighted by atomic mass is 16.5. The highest BCUT2D eigenvalue weighted by Crippen LogP contribution is 2.39. The number of benzene rings is 4. The van der Waals surface area contributed by atoms with Crippen molar-refractivity contribution >= 4 is 11.1 Å². The predicted molar refractivity (Wildman–Crippen MR) is 170 cm³/mol. The Hall–Kier alpha value is -4.05. The number of aromatic hydroxyl groups is 1. The number of oxazole rings is 1. The van der Waals surface area contributed by atoms with E-state index in [9.17, 15) is 0 Å². The standard InChI is InChI=1S/C27H29NO2.C10H14O/c1-26(2,3)19-12-14-20(15-13-19)29-23-17-24-22(16-21(23)27(4,5)6)28-25(30-24)18-10-8-7-9-11-18;1-10(2,3)8-4-6-9(11)7-5-8/h7-17H,1-6H3;4-7,11H,1-3H3. The second-order valence-electron chi connectivity index (χ2n) is 13.6. The van der Waals surface area contributed by atoms with E-state index < -0.39 is 0 Å². The SMILES string of the molecule is CC(C)(C)c1ccc(O)cc1.CC(C)(C)c1ccc(Oc2cc3oc(-c4ccccc4)nc3cc2C(C)(C)C)cc1. The fourth-order valence-corrected chi connectivity index (χ4v) is 4.44. The maximum absolute atomic E-state index is 9.02. The number of aromatic nitrogens is 1. The Bertz CT molecular complexity index is 1580. The molecule has 0 aliphatic rings. The van der Waals surface area contributed by atoms with Gasteiger partial charge in [-0.05, 0) is 69.8 Å². The van der Waals surface area contributed by atoms with Crippen LogP contribution in [-0.4, -0.2) is 10.1 Å². The van der Waals surface area contributed by atoms with Gasteiger partial charge in [-0.3, -0.25) is 0 Å². The van der Waals surface area contributed by atoms with Crippen LogP contribution >= 0.6 is 0 Å². The first-order valence-corrected chi connectivity index (χ1v) is 14.2. The maximum atomic E-state index is 9.02. The van der Waals surface area contributed by atoms with Gasteiger partial charge in [-0.25, -0.2) is 4.98 Å². The normalized spacial score (nSPS) is 12.1. The number of phenolic OH excluding ortho intramolecular Hbond substituents is 1. The van der Waals surface area contributed by atoms with Gasteiger partial charge in [-0.2, -0.15) is 0 Å². The summed E-state index contributed by atoms with van der Waals surface area (Å²) in [5.41, 5.74) is 6.35. The minimum atomic E-state index is -0.0965. The van der Waals surface area contributed by atoms with Gasteiger partial charge in [0.1, 0.15) is 22.8 Å². The highest BCUT2D eigenvalue weighted by molar-refractivity contribution is 5.79. The molecule has 1 N–H and O–H groups in total. The van der Waals surface area contributed by atoms with E-state index in [0.29, 0.717) is 11.6 Å². The van der Waals surface area contributed by atoms with Gasteiger partial charge in [0.2, 0.25) is 5.89 Å². The average Bonchev–Trinajstić information content (AvgIpc) is 3.31. The summed E-state index contributed by atoms with van der Waals surface area (Å²) in [5, 5.41) is 9.02. The zero-order chi connectivity index (χ0) is 30.0. The molecule has 0 aliphatic carbocycles. The molecule has 0 amide bonds. The van der Waals surface area contributed by atoms with Crippen LogP contribution in [-0.2, 0) is 16.2 Å². The molecular formula is C37H43NO3. The molecule has 4 aromatic carbocycles. The van der Waals surface area contributed by atoms with Crippen molar-refractivity contribution in [3.05, 3.63) is 108 Å². The molecule has 0 atom stereocenters. The second-order valence-corrected chi connectivity index (χ2v) is 13.6. The molecule has 0 bridgehead atoms. The molecular weight excluding hydrogens is 506 g/mol. The van der Waals surface area contributed by atoms with Gasteiger partial charge < -0.3 is 14.3 Å². The summed E-state index contributed by atoms with van der Waals surface area (Å²) in [6, 6.07) is 29.7. The summed E-state index contributed by atoms with van der Waals surface area (Å²) in [6.45, 7) is 19.6. The molecule has 0 unspecified atom stereocenters. The number of hydrogen-bond donors (Lipinski definition) is 1. The lowest BCUT2D eigenvalue weighted by Crippen LogP contribution is -2.13. The molecule has 214 valence electrons. The zero-order valence-electron chi connectivity index (χ0n) is 25.9. The van der Waals surface area contributed by atoms with Crippen molar-refractivity contribution in [2.24, 2.45) is 0 Å². The summed E-state index contributed by atoms with van der Waals surface area (Å²) in [7, 11) is 0. The van der Waals surface area contributed by atoms with Gasteiger partial charge in [0.05, 0.1) is 0 Å². The summed E-state index contributed by atoms with van der Waals surface area (Å²) in [6.07, 6.45) is 0. The number of rotatable bonds is 3. The van der Waals surface area contributed by atoms with E-state index in [0.717, 1.165) is 33.7 Å². The van der Waals surface area contributed by atoms with Gasteiger partial charge in [0, 0.05) is 17.2 Å². The number of nitrogens with zero attached hydrogens (tertiary/aromatic N) is 1. The Kier molecular flexibility index (Phi) is 8.35. The van der Waals surface area contributed by atoms with E-state index in [1.54, 1.807) is 12.1 Å². The van der Waals surface area contributed by atoms with E-state index in [1.807, 2.05) is 60.7 Å². The van der Waals surface area contributed by atoms with Crippen molar-refractivity contribution < 1.29 is 14.3 Å². The van der Waals surface area contributed by atoms with Crippen LogP contribution in [0.2, 0.25) is 0 Å². The average molecular weight is 550 g/mol. The Morgan fingerprint density at radius 3 is 1.68 bits per heavy atom. The number of ether oxygens (including phenoxy) is 1.